The first kappa shape index (κ1) is 23.8. The number of halogens is 1. The Morgan fingerprint density at radius 3 is 2.52 bits per heavy atom. The number of aryl methyl sites for hydroxylation is 1. The lowest BCUT2D eigenvalue weighted by molar-refractivity contribution is 0.0728. The lowest BCUT2D eigenvalue weighted by Crippen LogP contribution is -2.40. The summed E-state index contributed by atoms with van der Waals surface area (Å²) in [6.07, 6.45) is 4.25. The van der Waals surface area contributed by atoms with Crippen LogP contribution in [0.25, 0.3) is 0 Å². The van der Waals surface area contributed by atoms with Gasteiger partial charge in [-0.2, -0.15) is 5.10 Å². The lowest BCUT2D eigenvalue weighted by Gasteiger charge is -2.34. The van der Waals surface area contributed by atoms with E-state index in [-0.39, 0.29) is 5.91 Å². The maximum absolute atomic E-state index is 13.1. The molecule has 2 aromatic rings. The van der Waals surface area contributed by atoms with Crippen molar-refractivity contribution in [2.24, 2.45) is 11.8 Å². The third-order valence-electron chi connectivity index (χ3n) is 6.18. The molecule has 1 saturated heterocycles. The van der Waals surface area contributed by atoms with Gasteiger partial charge in [-0.05, 0) is 81.3 Å². The van der Waals surface area contributed by atoms with Crippen molar-refractivity contribution in [2.75, 3.05) is 33.2 Å². The van der Waals surface area contributed by atoms with Gasteiger partial charge in [0.15, 0.2) is 0 Å². The summed E-state index contributed by atoms with van der Waals surface area (Å²) in [5.74, 6) is 1.19. The Bertz CT molecular complexity index is 838. The van der Waals surface area contributed by atoms with E-state index in [2.05, 4.69) is 36.0 Å². The van der Waals surface area contributed by atoms with E-state index in [0.717, 1.165) is 74.8 Å². The molecule has 1 aliphatic heterocycles. The molecule has 0 bridgehead atoms. The topological polar surface area (TPSA) is 41.4 Å². The summed E-state index contributed by atoms with van der Waals surface area (Å²) in [5, 5.41) is 5.43. The van der Waals surface area contributed by atoms with Crippen LogP contribution in [-0.4, -0.2) is 58.7 Å². The molecule has 0 N–H and O–H groups in total. The molecule has 170 valence electrons. The monoisotopic (exact) mass is 444 g/mol. The number of carbonyl (C=O) groups is 1. The van der Waals surface area contributed by atoms with Crippen LogP contribution in [0.2, 0.25) is 5.02 Å². The average molecular weight is 445 g/mol. The molecule has 0 saturated carbocycles. The highest BCUT2D eigenvalue weighted by atomic mass is 35.5. The molecule has 5 nitrogen and oxygen atoms in total. The fourth-order valence-corrected chi connectivity index (χ4v) is 4.52. The SMILES string of the molecule is CCn1nc(CC(C)C)cc1C(=O)N(C)CC1CCN(CCc2ccc(Cl)cc2)CC1. The highest BCUT2D eigenvalue weighted by Crippen LogP contribution is 2.20. The van der Waals surface area contributed by atoms with Crippen molar-refractivity contribution in [1.82, 2.24) is 19.6 Å². The van der Waals surface area contributed by atoms with E-state index in [9.17, 15) is 4.79 Å². The molecule has 0 atom stereocenters. The summed E-state index contributed by atoms with van der Waals surface area (Å²) in [7, 11) is 1.93. The number of amides is 1. The molecule has 1 aromatic carbocycles. The summed E-state index contributed by atoms with van der Waals surface area (Å²) in [4.78, 5) is 17.5. The zero-order valence-corrected chi connectivity index (χ0v) is 20.2. The number of hydrogen-bond acceptors (Lipinski definition) is 3. The number of nitrogens with zero attached hydrogens (tertiary/aromatic N) is 4. The fourth-order valence-electron chi connectivity index (χ4n) is 4.40. The van der Waals surface area contributed by atoms with Crippen LogP contribution in [0.1, 0.15) is 55.4 Å². The molecule has 2 heterocycles. The van der Waals surface area contributed by atoms with Gasteiger partial charge < -0.3 is 9.80 Å². The van der Waals surface area contributed by atoms with Crippen molar-refractivity contribution >= 4 is 17.5 Å². The Morgan fingerprint density at radius 2 is 1.90 bits per heavy atom. The van der Waals surface area contributed by atoms with Crippen LogP contribution in [0.5, 0.6) is 0 Å². The molecule has 1 aromatic heterocycles. The summed E-state index contributed by atoms with van der Waals surface area (Å²) in [5.41, 5.74) is 3.07. The predicted molar refractivity (Wildman–Crippen MR) is 128 cm³/mol. The van der Waals surface area contributed by atoms with Crippen LogP contribution in [-0.2, 0) is 19.4 Å². The fraction of sp³-hybridized carbons (Fsp3) is 0.600. The summed E-state index contributed by atoms with van der Waals surface area (Å²) in [6, 6.07) is 10.1. The minimum atomic E-state index is 0.0922. The van der Waals surface area contributed by atoms with E-state index in [1.54, 1.807) is 0 Å². The van der Waals surface area contributed by atoms with E-state index in [0.29, 0.717) is 11.8 Å². The van der Waals surface area contributed by atoms with Gasteiger partial charge in [0.05, 0.1) is 5.69 Å². The zero-order chi connectivity index (χ0) is 22.4. The van der Waals surface area contributed by atoms with Gasteiger partial charge in [0.2, 0.25) is 0 Å². The van der Waals surface area contributed by atoms with Crippen LogP contribution in [0.3, 0.4) is 0 Å². The van der Waals surface area contributed by atoms with Gasteiger partial charge in [-0.25, -0.2) is 0 Å². The standard InChI is InChI=1S/C25H37ClN4O/c1-5-30-24(17-23(27-30)16-19(2)3)25(31)28(4)18-21-11-14-29(15-12-21)13-10-20-6-8-22(26)9-7-20/h6-9,17,19,21H,5,10-16,18H2,1-4H3. The lowest BCUT2D eigenvalue weighted by atomic mass is 9.96. The van der Waals surface area contributed by atoms with Gasteiger partial charge >= 0.3 is 0 Å². The van der Waals surface area contributed by atoms with Crippen LogP contribution < -0.4 is 0 Å². The second-order valence-electron chi connectivity index (χ2n) is 9.28. The van der Waals surface area contributed by atoms with Gasteiger partial charge in [-0.15, -0.1) is 0 Å². The third kappa shape index (κ3) is 6.81. The van der Waals surface area contributed by atoms with Crippen molar-refractivity contribution < 1.29 is 4.79 Å². The molecule has 0 aliphatic carbocycles. The van der Waals surface area contributed by atoms with Crippen molar-refractivity contribution in [1.29, 1.82) is 0 Å². The average Bonchev–Trinajstić information content (AvgIpc) is 3.15. The van der Waals surface area contributed by atoms with E-state index in [4.69, 9.17) is 11.6 Å². The second-order valence-corrected chi connectivity index (χ2v) is 9.72. The smallest absolute Gasteiger partial charge is 0.271 e. The molecule has 1 fully saturated rings. The second kappa shape index (κ2) is 11.1. The number of hydrogen-bond donors (Lipinski definition) is 0. The van der Waals surface area contributed by atoms with Gasteiger partial charge in [0.1, 0.15) is 5.69 Å². The van der Waals surface area contributed by atoms with Gasteiger partial charge in [-0.1, -0.05) is 37.6 Å². The minimum Gasteiger partial charge on any atom is -0.340 e. The molecular formula is C25H37ClN4O. The first-order valence-corrected chi connectivity index (χ1v) is 12.0. The first-order valence-electron chi connectivity index (χ1n) is 11.6. The van der Waals surface area contributed by atoms with E-state index >= 15 is 0 Å². The number of benzene rings is 1. The van der Waals surface area contributed by atoms with Crippen LogP contribution >= 0.6 is 11.6 Å². The van der Waals surface area contributed by atoms with Crippen LogP contribution in [0, 0.1) is 11.8 Å². The first-order chi connectivity index (χ1) is 14.9. The van der Waals surface area contributed by atoms with Crippen LogP contribution in [0.15, 0.2) is 30.3 Å². The Labute approximate surface area is 192 Å². The Hall–Kier alpha value is -1.85. The summed E-state index contributed by atoms with van der Waals surface area (Å²) < 4.78 is 1.86. The maximum atomic E-state index is 13.1. The normalized spacial score (nSPS) is 15.5. The molecule has 0 radical (unpaired) electrons. The van der Waals surface area contributed by atoms with Gasteiger partial charge in [0.25, 0.3) is 5.91 Å². The number of likely N-dealkylation sites (tertiary alicyclic amines) is 1. The predicted octanol–water partition coefficient (Wildman–Crippen LogP) is 4.78. The van der Waals surface area contributed by atoms with Crippen molar-refractivity contribution in [3.63, 3.8) is 0 Å². The highest BCUT2D eigenvalue weighted by Gasteiger charge is 2.24. The largest absolute Gasteiger partial charge is 0.340 e. The zero-order valence-electron chi connectivity index (χ0n) is 19.5. The Morgan fingerprint density at radius 1 is 1.23 bits per heavy atom. The van der Waals surface area contributed by atoms with Crippen LogP contribution in [0.4, 0.5) is 0 Å². The molecule has 31 heavy (non-hydrogen) atoms. The Balaban J connectivity index is 1.47. The van der Waals surface area contributed by atoms with Gasteiger partial charge in [-0.3, -0.25) is 9.48 Å². The molecule has 6 heteroatoms. The minimum absolute atomic E-state index is 0.0922. The summed E-state index contributed by atoms with van der Waals surface area (Å²) in [6.45, 7) is 11.2. The van der Waals surface area contributed by atoms with E-state index in [1.165, 1.54) is 5.56 Å². The number of aromatic nitrogens is 2. The quantitative estimate of drug-likeness (QED) is 0.558. The van der Waals surface area contributed by atoms with Crippen molar-refractivity contribution in [3.05, 3.63) is 52.3 Å². The van der Waals surface area contributed by atoms with Crippen molar-refractivity contribution in [3.8, 4) is 0 Å². The van der Waals surface area contributed by atoms with E-state index in [1.807, 2.05) is 41.8 Å². The van der Waals surface area contributed by atoms with Gasteiger partial charge in [0, 0.05) is 31.7 Å². The third-order valence-corrected chi connectivity index (χ3v) is 6.43. The molecule has 0 spiro atoms. The molecule has 0 unspecified atom stereocenters. The summed E-state index contributed by atoms with van der Waals surface area (Å²) >= 11 is 5.97. The molecule has 3 rings (SSSR count). The molecule has 1 amide bonds. The Kier molecular flexibility index (Phi) is 8.56. The number of piperidine rings is 1. The highest BCUT2D eigenvalue weighted by molar-refractivity contribution is 6.30. The molecule has 1 aliphatic rings. The number of rotatable bonds is 9. The maximum Gasteiger partial charge on any atom is 0.271 e. The van der Waals surface area contributed by atoms with Crippen molar-refractivity contribution in [2.45, 2.75) is 53.0 Å². The number of carbonyl (C=O) groups excluding carboxylic acids is 1. The molecular weight excluding hydrogens is 408 g/mol. The van der Waals surface area contributed by atoms with E-state index < -0.39 is 0 Å².